The molecule has 0 radical (unpaired) electrons. The number of para-hydroxylation sites is 1. The Labute approximate surface area is 161 Å². The van der Waals surface area contributed by atoms with E-state index in [0.29, 0.717) is 17.3 Å². The Morgan fingerprint density at radius 3 is 2.62 bits per heavy atom. The van der Waals surface area contributed by atoms with Gasteiger partial charge in [0.1, 0.15) is 10.8 Å². The lowest BCUT2D eigenvalue weighted by Gasteiger charge is -2.15. The van der Waals surface area contributed by atoms with Crippen molar-refractivity contribution < 1.29 is 9.53 Å². The number of hydrogen-bond acceptors (Lipinski definition) is 4. The highest BCUT2D eigenvalue weighted by atomic mass is 35.5. The van der Waals surface area contributed by atoms with E-state index in [1.54, 1.807) is 30.4 Å². The molecule has 2 aromatic carbocycles. The molecule has 1 atom stereocenters. The van der Waals surface area contributed by atoms with Gasteiger partial charge in [-0.2, -0.15) is 0 Å². The average Bonchev–Trinajstić information content (AvgIpc) is 3.03. The summed E-state index contributed by atoms with van der Waals surface area (Å²) in [6, 6.07) is 17.1. The lowest BCUT2D eigenvalue weighted by Crippen LogP contribution is -2.35. The summed E-state index contributed by atoms with van der Waals surface area (Å²) < 4.78 is 5.64. The van der Waals surface area contributed by atoms with Crippen LogP contribution in [0.15, 0.2) is 54.6 Å². The van der Waals surface area contributed by atoms with Crippen molar-refractivity contribution in [3.8, 4) is 16.3 Å². The Hall–Kier alpha value is -2.37. The van der Waals surface area contributed by atoms with E-state index in [0.717, 1.165) is 21.1 Å². The normalized spacial score (nSPS) is 11.8. The Balaban J connectivity index is 1.61. The Morgan fingerprint density at radius 2 is 1.88 bits per heavy atom. The van der Waals surface area contributed by atoms with Crippen LogP contribution < -0.4 is 10.1 Å². The molecule has 134 valence electrons. The summed E-state index contributed by atoms with van der Waals surface area (Å²) in [5.41, 5.74) is 2.00. The standard InChI is InChI=1S/C20H19ClN2O2S/c1-13-18(26-20(23-13)15-8-4-3-5-9-15)12-22-19(24)14(2)25-17-11-7-6-10-16(17)21/h3-11,14H,12H2,1-2H3,(H,22,24). The number of rotatable bonds is 6. The molecule has 0 fully saturated rings. The van der Waals surface area contributed by atoms with Crippen molar-refractivity contribution in [1.29, 1.82) is 0 Å². The van der Waals surface area contributed by atoms with E-state index >= 15 is 0 Å². The van der Waals surface area contributed by atoms with Gasteiger partial charge in [-0.1, -0.05) is 54.1 Å². The van der Waals surface area contributed by atoms with Crippen LogP contribution in [0, 0.1) is 6.92 Å². The van der Waals surface area contributed by atoms with Gasteiger partial charge in [0.2, 0.25) is 0 Å². The zero-order valence-electron chi connectivity index (χ0n) is 14.5. The van der Waals surface area contributed by atoms with Crippen LogP contribution in [0.5, 0.6) is 5.75 Å². The number of halogens is 1. The highest BCUT2D eigenvalue weighted by Gasteiger charge is 2.17. The third-order valence-electron chi connectivity index (χ3n) is 3.85. The second-order valence-corrected chi connectivity index (χ2v) is 7.29. The van der Waals surface area contributed by atoms with E-state index in [2.05, 4.69) is 10.3 Å². The Bertz CT molecular complexity index is 896. The van der Waals surface area contributed by atoms with E-state index in [-0.39, 0.29) is 5.91 Å². The fourth-order valence-electron chi connectivity index (χ4n) is 2.39. The van der Waals surface area contributed by atoms with E-state index in [9.17, 15) is 4.79 Å². The molecule has 0 aliphatic rings. The van der Waals surface area contributed by atoms with Crippen molar-refractivity contribution in [2.45, 2.75) is 26.5 Å². The van der Waals surface area contributed by atoms with Gasteiger partial charge >= 0.3 is 0 Å². The van der Waals surface area contributed by atoms with Gasteiger partial charge in [0.15, 0.2) is 6.10 Å². The van der Waals surface area contributed by atoms with Gasteiger partial charge in [0.25, 0.3) is 5.91 Å². The topological polar surface area (TPSA) is 51.2 Å². The van der Waals surface area contributed by atoms with Crippen molar-refractivity contribution in [1.82, 2.24) is 10.3 Å². The fourth-order valence-corrected chi connectivity index (χ4v) is 3.58. The molecular formula is C20H19ClN2O2S. The maximum absolute atomic E-state index is 12.3. The molecule has 26 heavy (non-hydrogen) atoms. The molecule has 1 amide bonds. The number of benzene rings is 2. The first-order chi connectivity index (χ1) is 12.5. The van der Waals surface area contributed by atoms with Crippen LogP contribution in [0.1, 0.15) is 17.5 Å². The summed E-state index contributed by atoms with van der Waals surface area (Å²) in [7, 11) is 0. The van der Waals surface area contributed by atoms with Crippen LogP contribution in [0.4, 0.5) is 0 Å². The highest BCUT2D eigenvalue weighted by molar-refractivity contribution is 7.15. The van der Waals surface area contributed by atoms with Crippen molar-refractivity contribution in [2.24, 2.45) is 0 Å². The first kappa shape index (κ1) is 18.4. The first-order valence-corrected chi connectivity index (χ1v) is 9.44. The number of aromatic nitrogens is 1. The summed E-state index contributed by atoms with van der Waals surface area (Å²) >= 11 is 7.65. The summed E-state index contributed by atoms with van der Waals surface area (Å²) in [5, 5.41) is 4.34. The predicted octanol–water partition coefficient (Wildman–Crippen LogP) is 4.86. The van der Waals surface area contributed by atoms with Crippen LogP contribution in [0.3, 0.4) is 0 Å². The number of carbonyl (C=O) groups excluding carboxylic acids is 1. The fraction of sp³-hybridized carbons (Fsp3) is 0.200. The molecule has 1 aromatic heterocycles. The van der Waals surface area contributed by atoms with Crippen molar-refractivity contribution in [2.75, 3.05) is 0 Å². The van der Waals surface area contributed by atoms with E-state index in [4.69, 9.17) is 16.3 Å². The molecule has 1 unspecified atom stereocenters. The minimum Gasteiger partial charge on any atom is -0.479 e. The molecule has 0 aliphatic heterocycles. The van der Waals surface area contributed by atoms with E-state index < -0.39 is 6.10 Å². The van der Waals surface area contributed by atoms with Gasteiger partial charge in [-0.25, -0.2) is 4.98 Å². The summed E-state index contributed by atoms with van der Waals surface area (Å²) in [4.78, 5) is 18.0. The van der Waals surface area contributed by atoms with Crippen LogP contribution >= 0.6 is 22.9 Å². The Kier molecular flexibility index (Phi) is 5.91. The second kappa shape index (κ2) is 8.34. The summed E-state index contributed by atoms with van der Waals surface area (Å²) in [5.74, 6) is 0.302. The maximum atomic E-state index is 12.3. The molecule has 1 heterocycles. The maximum Gasteiger partial charge on any atom is 0.261 e. The highest BCUT2D eigenvalue weighted by Crippen LogP contribution is 2.28. The number of ether oxygens (including phenoxy) is 1. The van der Waals surface area contributed by atoms with Crippen molar-refractivity contribution in [3.63, 3.8) is 0 Å². The van der Waals surface area contributed by atoms with Gasteiger partial charge in [-0.15, -0.1) is 11.3 Å². The summed E-state index contributed by atoms with van der Waals surface area (Å²) in [6.45, 7) is 4.08. The third kappa shape index (κ3) is 4.42. The first-order valence-electron chi connectivity index (χ1n) is 8.25. The van der Waals surface area contributed by atoms with E-state index in [1.807, 2.05) is 49.4 Å². The third-order valence-corrected chi connectivity index (χ3v) is 5.36. The van der Waals surface area contributed by atoms with Gasteiger partial charge in [-0.05, 0) is 26.0 Å². The number of nitrogens with one attached hydrogen (secondary N) is 1. The molecule has 4 nitrogen and oxygen atoms in total. The SMILES string of the molecule is Cc1nc(-c2ccccc2)sc1CNC(=O)C(C)Oc1ccccc1Cl. The van der Waals surface area contributed by atoms with Gasteiger partial charge in [0, 0.05) is 10.4 Å². The second-order valence-electron chi connectivity index (χ2n) is 5.80. The number of hydrogen-bond donors (Lipinski definition) is 1. The lowest BCUT2D eigenvalue weighted by molar-refractivity contribution is -0.127. The molecular weight excluding hydrogens is 368 g/mol. The smallest absolute Gasteiger partial charge is 0.261 e. The Morgan fingerprint density at radius 1 is 1.19 bits per heavy atom. The zero-order chi connectivity index (χ0) is 18.5. The average molecular weight is 387 g/mol. The number of thiazole rings is 1. The monoisotopic (exact) mass is 386 g/mol. The zero-order valence-corrected chi connectivity index (χ0v) is 16.1. The number of aryl methyl sites for hydroxylation is 1. The molecule has 6 heteroatoms. The van der Waals surface area contributed by atoms with Crippen LogP contribution in [0.2, 0.25) is 5.02 Å². The quantitative estimate of drug-likeness (QED) is 0.658. The molecule has 0 saturated heterocycles. The molecule has 0 saturated carbocycles. The number of nitrogens with zero attached hydrogens (tertiary/aromatic N) is 1. The van der Waals surface area contributed by atoms with E-state index in [1.165, 1.54) is 0 Å². The van der Waals surface area contributed by atoms with Crippen LogP contribution in [-0.4, -0.2) is 17.0 Å². The predicted molar refractivity (Wildman–Crippen MR) is 106 cm³/mol. The minimum atomic E-state index is -0.642. The van der Waals surface area contributed by atoms with Crippen LogP contribution in [0.25, 0.3) is 10.6 Å². The van der Waals surface area contributed by atoms with Crippen molar-refractivity contribution in [3.05, 3.63) is 70.2 Å². The number of carbonyl (C=O) groups is 1. The molecule has 0 bridgehead atoms. The number of amides is 1. The van der Waals surface area contributed by atoms with Gasteiger partial charge in [0.05, 0.1) is 17.3 Å². The largest absolute Gasteiger partial charge is 0.479 e. The molecule has 3 rings (SSSR count). The molecule has 0 aliphatic carbocycles. The molecule has 0 spiro atoms. The van der Waals surface area contributed by atoms with Gasteiger partial charge in [-0.3, -0.25) is 4.79 Å². The summed E-state index contributed by atoms with van der Waals surface area (Å²) in [6.07, 6.45) is -0.642. The lowest BCUT2D eigenvalue weighted by atomic mass is 10.2. The molecule has 1 N–H and O–H groups in total. The minimum absolute atomic E-state index is 0.195. The van der Waals surface area contributed by atoms with Crippen molar-refractivity contribution >= 4 is 28.8 Å². The van der Waals surface area contributed by atoms with Crippen LogP contribution in [-0.2, 0) is 11.3 Å². The molecule has 3 aromatic rings. The van der Waals surface area contributed by atoms with Gasteiger partial charge < -0.3 is 10.1 Å².